The van der Waals surface area contributed by atoms with E-state index < -0.39 is 180 Å². The lowest BCUT2D eigenvalue weighted by Gasteiger charge is -2.49. The third kappa shape index (κ3) is 8.85. The SMILES string of the molecule is OC[C@@H]1O[C@@H](OC[C@H]2O[C@H](O[C@H]3[C@@H](O)[C@@H](O)[C@@H](O[C@H]4[C@H](O)[C@@H](O)[C@@H](O[C@H]5[C@H](O)[C@@H](O)C(O)O[C@@H]5CO)O[C@@H]4CO)O[C@@H]3CO)[C@H](O)[C@@H](O)[C@@H]2O)[C@H](O)[C@H]1O. The molecule has 0 aromatic rings. The molecule has 0 bridgehead atoms. The Morgan fingerprint density at radius 1 is 0.315 bits per heavy atom. The smallest absolute Gasteiger partial charge is 0.187 e. The van der Waals surface area contributed by atoms with Crippen LogP contribution in [0, 0.1) is 0 Å². The quantitative estimate of drug-likeness (QED) is 0.0822. The van der Waals surface area contributed by atoms with Crippen LogP contribution >= 0.6 is 0 Å². The second-order valence-corrected chi connectivity index (χ2v) is 13.5. The van der Waals surface area contributed by atoms with Crippen LogP contribution in [0.5, 0.6) is 0 Å². The third-order valence-corrected chi connectivity index (χ3v) is 9.95. The van der Waals surface area contributed by atoms with E-state index in [0.29, 0.717) is 0 Å². The van der Waals surface area contributed by atoms with Crippen molar-refractivity contribution in [2.75, 3.05) is 33.0 Å². The summed E-state index contributed by atoms with van der Waals surface area (Å²) in [4.78, 5) is 0. The van der Waals surface area contributed by atoms with Crippen molar-refractivity contribution in [1.82, 2.24) is 0 Å². The van der Waals surface area contributed by atoms with Crippen molar-refractivity contribution >= 4 is 0 Å². The molecule has 5 aliphatic heterocycles. The van der Waals surface area contributed by atoms with Gasteiger partial charge in [-0.2, -0.15) is 0 Å². The van der Waals surface area contributed by atoms with E-state index in [2.05, 4.69) is 0 Å². The van der Waals surface area contributed by atoms with Gasteiger partial charge in [-0.05, 0) is 0 Å². The van der Waals surface area contributed by atoms with E-state index in [0.717, 1.165) is 0 Å². The van der Waals surface area contributed by atoms with Gasteiger partial charge in [0.05, 0.1) is 33.0 Å². The van der Waals surface area contributed by atoms with Crippen molar-refractivity contribution in [2.45, 2.75) is 147 Å². The zero-order valence-electron chi connectivity index (χ0n) is 28.2. The Labute approximate surface area is 305 Å². The average Bonchev–Trinajstić information content (AvgIpc) is 3.44. The average molecular weight is 799 g/mol. The summed E-state index contributed by atoms with van der Waals surface area (Å²) >= 11 is 0. The van der Waals surface area contributed by atoms with Crippen molar-refractivity contribution in [2.24, 2.45) is 0 Å². The third-order valence-electron chi connectivity index (χ3n) is 9.95. The summed E-state index contributed by atoms with van der Waals surface area (Å²) in [6.07, 6.45) is -42.4. The fraction of sp³-hybridized carbons (Fsp3) is 1.00. The highest BCUT2D eigenvalue weighted by atomic mass is 16.8. The molecule has 5 aliphatic rings. The molecule has 0 aromatic heterocycles. The van der Waals surface area contributed by atoms with Crippen LogP contribution in [-0.4, -0.2) is 262 Å². The Morgan fingerprint density at radius 3 is 1.07 bits per heavy atom. The van der Waals surface area contributed by atoms with Gasteiger partial charge in [0.2, 0.25) is 0 Å². The topological polar surface area (TPSA) is 407 Å². The molecule has 5 saturated heterocycles. The number of aliphatic hydroxyl groups is 16. The van der Waals surface area contributed by atoms with Crippen LogP contribution in [0.4, 0.5) is 0 Å². The molecule has 0 amide bonds. The molecule has 5 fully saturated rings. The lowest BCUT2D eigenvalue weighted by molar-refractivity contribution is -0.388. The first kappa shape index (κ1) is 44.1. The predicted molar refractivity (Wildman–Crippen MR) is 161 cm³/mol. The van der Waals surface area contributed by atoms with Gasteiger partial charge in [0.25, 0.3) is 0 Å². The molecule has 1 unspecified atom stereocenters. The van der Waals surface area contributed by atoms with Gasteiger partial charge in [-0.15, -0.1) is 0 Å². The highest BCUT2D eigenvalue weighted by Crippen LogP contribution is 2.34. The molecule has 5 rings (SSSR count). The molecule has 0 saturated carbocycles. The summed E-state index contributed by atoms with van der Waals surface area (Å²) in [6.45, 7) is -4.01. The number of hydrogen-bond donors (Lipinski definition) is 16. The van der Waals surface area contributed by atoms with Gasteiger partial charge in [0, 0.05) is 0 Å². The second kappa shape index (κ2) is 18.7. The minimum absolute atomic E-state index is 0.638. The summed E-state index contributed by atoms with van der Waals surface area (Å²) in [6, 6.07) is 0. The highest BCUT2D eigenvalue weighted by molar-refractivity contribution is 4.98. The van der Waals surface area contributed by atoms with Crippen molar-refractivity contribution in [1.29, 1.82) is 0 Å². The minimum atomic E-state index is -2.09. The van der Waals surface area contributed by atoms with E-state index in [4.69, 9.17) is 42.6 Å². The van der Waals surface area contributed by atoms with E-state index >= 15 is 0 Å². The molecular formula is C29H50O25. The Bertz CT molecular complexity index is 1150. The molecule has 0 aromatic carbocycles. The standard InChI is InChI=1S/C29H50O25/c30-1-6-11(34)18(41)26(48-6)46-5-10-12(35)13(36)19(42)27(51-10)53-23-8(3-32)50-29(21(44)15(23)38)54-24-9(4-33)49-28(20(43)16(24)39)52-22-7(2-31)47-25(45)17(40)14(22)37/h6-45H,1-5H2/t6-,7+,8+,9+,10+,11-,12+,13-,14+,15-,16+,17+,18+,19+,20+,21+,22+,23+,24+,25?,26+,27+,28+,29+/m0/s1. The van der Waals surface area contributed by atoms with Crippen molar-refractivity contribution in [3.05, 3.63) is 0 Å². The second-order valence-electron chi connectivity index (χ2n) is 13.5. The molecule has 16 N–H and O–H groups in total. The summed E-state index contributed by atoms with van der Waals surface area (Å²) in [5.41, 5.74) is 0. The van der Waals surface area contributed by atoms with Crippen LogP contribution in [0.1, 0.15) is 0 Å². The monoisotopic (exact) mass is 798 g/mol. The molecule has 0 spiro atoms. The molecule has 0 radical (unpaired) electrons. The molecule has 54 heavy (non-hydrogen) atoms. The summed E-state index contributed by atoms with van der Waals surface area (Å²) in [7, 11) is 0. The number of aliphatic hydroxyl groups excluding tert-OH is 16. The zero-order chi connectivity index (χ0) is 39.8. The lowest BCUT2D eigenvalue weighted by Crippen LogP contribution is -2.67. The van der Waals surface area contributed by atoms with Crippen LogP contribution in [0.25, 0.3) is 0 Å². The summed E-state index contributed by atoms with van der Waals surface area (Å²) < 4.78 is 48.9. The van der Waals surface area contributed by atoms with Gasteiger partial charge < -0.3 is 124 Å². The minimum Gasteiger partial charge on any atom is -0.394 e. The maximum atomic E-state index is 11.1. The summed E-state index contributed by atoms with van der Waals surface area (Å²) in [5.74, 6) is 0. The number of rotatable bonds is 13. The van der Waals surface area contributed by atoms with E-state index in [1.165, 1.54) is 0 Å². The lowest BCUT2D eigenvalue weighted by atomic mass is 9.95. The maximum absolute atomic E-state index is 11.1. The van der Waals surface area contributed by atoms with Crippen LogP contribution < -0.4 is 0 Å². The van der Waals surface area contributed by atoms with Crippen LogP contribution in [0.3, 0.4) is 0 Å². The fourth-order valence-electron chi connectivity index (χ4n) is 6.73. The fourth-order valence-corrected chi connectivity index (χ4v) is 6.73. The van der Waals surface area contributed by atoms with Crippen LogP contribution in [-0.2, 0) is 42.6 Å². The summed E-state index contributed by atoms with van der Waals surface area (Å²) in [5, 5.41) is 165. The van der Waals surface area contributed by atoms with Crippen molar-refractivity contribution in [3.8, 4) is 0 Å². The molecular weight excluding hydrogens is 748 g/mol. The van der Waals surface area contributed by atoms with Crippen LogP contribution in [0.2, 0.25) is 0 Å². The first-order chi connectivity index (χ1) is 25.6. The van der Waals surface area contributed by atoms with Gasteiger partial charge in [-0.1, -0.05) is 0 Å². The van der Waals surface area contributed by atoms with Gasteiger partial charge in [-0.3, -0.25) is 0 Å². The van der Waals surface area contributed by atoms with E-state index in [1.54, 1.807) is 0 Å². The Morgan fingerprint density at radius 2 is 0.648 bits per heavy atom. The van der Waals surface area contributed by atoms with Gasteiger partial charge >= 0.3 is 0 Å². The predicted octanol–water partition coefficient (Wildman–Crippen LogP) is -11.3. The van der Waals surface area contributed by atoms with E-state index in [1.807, 2.05) is 0 Å². The normalized spacial score (nSPS) is 53.1. The van der Waals surface area contributed by atoms with Gasteiger partial charge in [0.15, 0.2) is 31.5 Å². The molecule has 24 atom stereocenters. The number of hydrogen-bond acceptors (Lipinski definition) is 25. The Kier molecular flexibility index (Phi) is 15.3. The zero-order valence-corrected chi connectivity index (χ0v) is 28.2. The first-order valence-electron chi connectivity index (χ1n) is 17.0. The van der Waals surface area contributed by atoms with E-state index in [9.17, 15) is 81.7 Å². The van der Waals surface area contributed by atoms with Crippen LogP contribution in [0.15, 0.2) is 0 Å². The van der Waals surface area contributed by atoms with Gasteiger partial charge in [0.1, 0.15) is 116 Å². The molecule has 25 nitrogen and oxygen atoms in total. The maximum Gasteiger partial charge on any atom is 0.187 e. The highest BCUT2D eigenvalue weighted by Gasteiger charge is 2.55. The Balaban J connectivity index is 1.21. The molecule has 5 heterocycles. The Hall–Kier alpha value is -1.00. The van der Waals surface area contributed by atoms with Crippen molar-refractivity contribution in [3.63, 3.8) is 0 Å². The largest absolute Gasteiger partial charge is 0.394 e. The van der Waals surface area contributed by atoms with Crippen molar-refractivity contribution < 1.29 is 124 Å². The van der Waals surface area contributed by atoms with E-state index in [-0.39, 0.29) is 0 Å². The molecule has 25 heteroatoms. The number of ether oxygens (including phenoxy) is 9. The molecule has 316 valence electrons. The van der Waals surface area contributed by atoms with Gasteiger partial charge in [-0.25, -0.2) is 0 Å². The first-order valence-corrected chi connectivity index (χ1v) is 17.0. The molecule has 0 aliphatic carbocycles.